The van der Waals surface area contributed by atoms with Gasteiger partial charge in [0.2, 0.25) is 0 Å². The van der Waals surface area contributed by atoms with Gasteiger partial charge in [0.1, 0.15) is 5.84 Å². The number of terminal acetylenes is 1. The Kier molecular flexibility index (Phi) is 8.99. The highest BCUT2D eigenvalue weighted by atomic mass is 15.3. The van der Waals surface area contributed by atoms with Crippen LogP contribution in [0, 0.1) is 18.3 Å². The van der Waals surface area contributed by atoms with E-state index < -0.39 is 0 Å². The molecule has 0 bridgehead atoms. The number of aromatic nitrogens is 2. The van der Waals surface area contributed by atoms with Crippen molar-refractivity contribution in [1.29, 1.82) is 0 Å². The summed E-state index contributed by atoms with van der Waals surface area (Å²) in [6.45, 7) is 10.4. The lowest BCUT2D eigenvalue weighted by Crippen LogP contribution is -2.17. The molecule has 1 aromatic heterocycles. The molecule has 1 aliphatic heterocycles. The highest BCUT2D eigenvalue weighted by Crippen LogP contribution is 2.36. The van der Waals surface area contributed by atoms with Gasteiger partial charge in [-0.15, -0.1) is 12.3 Å². The summed E-state index contributed by atoms with van der Waals surface area (Å²) in [7, 11) is 0. The first-order valence-corrected chi connectivity index (χ1v) is 10.8. The van der Waals surface area contributed by atoms with E-state index in [1.165, 1.54) is 42.4 Å². The second-order valence-corrected chi connectivity index (χ2v) is 7.84. The average molecular weight is 393 g/mol. The van der Waals surface area contributed by atoms with E-state index >= 15 is 0 Å². The van der Waals surface area contributed by atoms with E-state index in [9.17, 15) is 0 Å². The van der Waals surface area contributed by atoms with Crippen LogP contribution >= 0.6 is 0 Å². The number of hydrogen-bond donors (Lipinski definition) is 1. The number of hydrogen-bond acceptors (Lipinski definition) is 2. The van der Waals surface area contributed by atoms with E-state index in [0.717, 1.165) is 30.2 Å². The van der Waals surface area contributed by atoms with Crippen LogP contribution in [-0.4, -0.2) is 15.6 Å². The summed E-state index contributed by atoms with van der Waals surface area (Å²) in [4.78, 5) is 4.64. The molecule has 1 N–H and O–H groups in total. The molecule has 0 aromatic carbocycles. The van der Waals surface area contributed by atoms with Crippen LogP contribution in [-0.2, 0) is 0 Å². The molecule has 1 fully saturated rings. The van der Waals surface area contributed by atoms with Crippen LogP contribution in [0.25, 0.3) is 5.57 Å². The number of amidine groups is 1. The first-order chi connectivity index (χ1) is 14.0. The topological polar surface area (TPSA) is 42.2 Å². The van der Waals surface area contributed by atoms with Gasteiger partial charge in [0.05, 0.1) is 12.2 Å². The van der Waals surface area contributed by atoms with Gasteiger partial charge < -0.3 is 5.32 Å². The molecule has 0 spiro atoms. The molecular weight excluding hydrogens is 356 g/mol. The summed E-state index contributed by atoms with van der Waals surface area (Å²) in [6.07, 6.45) is 22.5. The van der Waals surface area contributed by atoms with Crippen LogP contribution in [0.15, 0.2) is 47.0 Å². The first kappa shape index (κ1) is 22.7. The van der Waals surface area contributed by atoms with E-state index in [2.05, 4.69) is 67.3 Å². The Morgan fingerprint density at radius 3 is 2.69 bits per heavy atom. The average Bonchev–Trinajstić information content (AvgIpc) is 3.48. The minimum absolute atomic E-state index is 0.532. The summed E-state index contributed by atoms with van der Waals surface area (Å²) in [5, 5.41) is 7.99. The molecule has 4 nitrogen and oxygen atoms in total. The van der Waals surface area contributed by atoms with E-state index in [-0.39, 0.29) is 0 Å². The number of aliphatic imine (C=N–C) groups is 1. The summed E-state index contributed by atoms with van der Waals surface area (Å²) in [5.41, 5.74) is 4.84. The van der Waals surface area contributed by atoms with Crippen molar-refractivity contribution < 1.29 is 0 Å². The molecule has 0 amide bonds. The molecule has 1 aromatic rings. The Bertz CT molecular complexity index is 823. The van der Waals surface area contributed by atoms with Gasteiger partial charge in [-0.05, 0) is 64.0 Å². The molecule has 3 rings (SSSR count). The largest absolute Gasteiger partial charge is 0.346 e. The van der Waals surface area contributed by atoms with Gasteiger partial charge in [0.25, 0.3) is 0 Å². The third-order valence-electron chi connectivity index (χ3n) is 5.84. The maximum atomic E-state index is 4.72. The van der Waals surface area contributed by atoms with Crippen molar-refractivity contribution in [2.75, 3.05) is 0 Å². The minimum Gasteiger partial charge on any atom is -0.346 e. The molecule has 156 valence electrons. The third-order valence-corrected chi connectivity index (χ3v) is 5.84. The van der Waals surface area contributed by atoms with Crippen molar-refractivity contribution in [2.24, 2.45) is 10.9 Å². The fourth-order valence-corrected chi connectivity index (χ4v) is 3.98. The molecule has 1 saturated carbocycles. The summed E-state index contributed by atoms with van der Waals surface area (Å²) >= 11 is 0. The Labute approximate surface area is 176 Å². The predicted molar refractivity (Wildman–Crippen MR) is 124 cm³/mol. The highest BCUT2D eigenvalue weighted by Gasteiger charge is 2.26. The van der Waals surface area contributed by atoms with Crippen LogP contribution in [0.5, 0.6) is 0 Å². The quantitative estimate of drug-likeness (QED) is 0.580. The lowest BCUT2D eigenvalue weighted by atomic mass is 9.96. The number of allylic oxidation sites excluding steroid dienone is 2. The Hall–Kier alpha value is -2.54. The van der Waals surface area contributed by atoms with Gasteiger partial charge in [0.15, 0.2) is 0 Å². The molecule has 2 aliphatic rings. The Morgan fingerprint density at radius 1 is 1.38 bits per heavy atom. The van der Waals surface area contributed by atoms with E-state index in [1.807, 2.05) is 18.6 Å². The SMILES string of the molecule is C#CC.CC/C(C)=C/N=C1\NC=C\C1=C(\C)c1cnn(C(CC)C2CCCC2)c1. The van der Waals surface area contributed by atoms with E-state index in [4.69, 9.17) is 5.10 Å². The molecule has 29 heavy (non-hydrogen) atoms. The van der Waals surface area contributed by atoms with E-state index in [0.29, 0.717) is 6.04 Å². The van der Waals surface area contributed by atoms with Crippen molar-refractivity contribution in [3.05, 3.63) is 47.6 Å². The number of nitrogens with one attached hydrogen (secondary N) is 1. The lowest BCUT2D eigenvalue weighted by molar-refractivity contribution is 0.301. The zero-order valence-electron chi connectivity index (χ0n) is 18.7. The molecule has 0 saturated heterocycles. The van der Waals surface area contributed by atoms with Gasteiger partial charge in [-0.2, -0.15) is 5.10 Å². The van der Waals surface area contributed by atoms with Gasteiger partial charge in [0, 0.05) is 29.7 Å². The number of nitrogens with zero attached hydrogens (tertiary/aromatic N) is 3. The smallest absolute Gasteiger partial charge is 0.137 e. The minimum atomic E-state index is 0.532. The van der Waals surface area contributed by atoms with Crippen LogP contribution < -0.4 is 5.32 Å². The Balaban J connectivity index is 0.000000941. The van der Waals surface area contributed by atoms with Crippen molar-refractivity contribution in [1.82, 2.24) is 15.1 Å². The van der Waals surface area contributed by atoms with Crippen LogP contribution in [0.4, 0.5) is 0 Å². The molecule has 1 aliphatic carbocycles. The predicted octanol–water partition coefficient (Wildman–Crippen LogP) is 6.27. The second-order valence-electron chi connectivity index (χ2n) is 7.84. The number of rotatable bonds is 6. The standard InChI is InChI=1S/C22H32N4.C3H4/c1-5-16(3)13-24-22-20(11-12-23-22)17(4)19-14-25-26(15-19)21(6-2)18-9-7-8-10-18;1-3-2/h11-15,18,21H,5-10H2,1-4H3,(H,23,24);1H,2H3/b16-13+,20-17+;. The molecule has 1 atom stereocenters. The summed E-state index contributed by atoms with van der Waals surface area (Å²) in [5.74, 6) is 3.96. The van der Waals surface area contributed by atoms with Gasteiger partial charge in [-0.3, -0.25) is 4.68 Å². The third kappa shape index (κ3) is 5.97. The van der Waals surface area contributed by atoms with Gasteiger partial charge in [-0.1, -0.05) is 32.3 Å². The fraction of sp³-hybridized carbons (Fsp3) is 0.520. The van der Waals surface area contributed by atoms with Gasteiger partial charge >= 0.3 is 0 Å². The molecule has 1 unspecified atom stereocenters. The monoisotopic (exact) mass is 392 g/mol. The fourth-order valence-electron chi connectivity index (χ4n) is 3.98. The zero-order valence-corrected chi connectivity index (χ0v) is 18.7. The normalized spacial score (nSPS) is 20.8. The zero-order chi connectivity index (χ0) is 21.2. The van der Waals surface area contributed by atoms with Crippen LogP contribution in [0.3, 0.4) is 0 Å². The molecular formula is C25H36N4. The van der Waals surface area contributed by atoms with Crippen molar-refractivity contribution in [3.8, 4) is 12.3 Å². The lowest BCUT2D eigenvalue weighted by Gasteiger charge is -2.22. The molecule has 0 radical (unpaired) electrons. The van der Waals surface area contributed by atoms with Crippen molar-refractivity contribution in [2.45, 2.75) is 79.2 Å². The van der Waals surface area contributed by atoms with Crippen molar-refractivity contribution >= 4 is 11.4 Å². The van der Waals surface area contributed by atoms with Crippen LogP contribution in [0.1, 0.15) is 84.7 Å². The first-order valence-electron chi connectivity index (χ1n) is 10.8. The second kappa shape index (κ2) is 11.5. The summed E-state index contributed by atoms with van der Waals surface area (Å²) < 4.78 is 2.21. The van der Waals surface area contributed by atoms with Crippen molar-refractivity contribution in [3.63, 3.8) is 0 Å². The maximum absolute atomic E-state index is 4.72. The molecule has 4 heteroatoms. The highest BCUT2D eigenvalue weighted by molar-refractivity contribution is 6.09. The molecule has 2 heterocycles. The van der Waals surface area contributed by atoms with E-state index in [1.54, 1.807) is 6.92 Å². The van der Waals surface area contributed by atoms with Crippen LogP contribution in [0.2, 0.25) is 0 Å². The summed E-state index contributed by atoms with van der Waals surface area (Å²) in [6, 6.07) is 0.532. The maximum Gasteiger partial charge on any atom is 0.137 e. The Morgan fingerprint density at radius 2 is 2.07 bits per heavy atom. The van der Waals surface area contributed by atoms with Gasteiger partial charge in [-0.25, -0.2) is 4.99 Å².